The first kappa shape index (κ1) is 26.2. The number of alkyl halides is 2. The van der Waals surface area contributed by atoms with Crippen molar-refractivity contribution >= 4 is 50.8 Å². The van der Waals surface area contributed by atoms with Crippen LogP contribution < -0.4 is 9.47 Å². The van der Waals surface area contributed by atoms with Crippen molar-refractivity contribution in [2.24, 2.45) is 0 Å². The molecule has 0 bridgehead atoms. The zero-order chi connectivity index (χ0) is 25.5. The van der Waals surface area contributed by atoms with Gasteiger partial charge in [0.1, 0.15) is 17.3 Å². The number of hydrogen-bond acceptors (Lipinski definition) is 5. The summed E-state index contributed by atoms with van der Waals surface area (Å²) in [6.45, 7) is 5.00. The Morgan fingerprint density at radius 1 is 0.750 bits per heavy atom. The van der Waals surface area contributed by atoms with Gasteiger partial charge in [-0.15, -0.1) is 23.2 Å². The van der Waals surface area contributed by atoms with Crippen LogP contribution in [0.3, 0.4) is 0 Å². The first-order valence-corrected chi connectivity index (χ1v) is 13.3. The number of rotatable bonds is 12. The Morgan fingerprint density at radius 3 is 1.61 bits per heavy atom. The van der Waals surface area contributed by atoms with E-state index in [0.717, 1.165) is 57.3 Å². The number of aromatic nitrogens is 2. The molecule has 2 aromatic heterocycles. The fraction of sp³-hybridized carbons (Fsp3) is 0.345. The minimum atomic E-state index is -0.338. The molecule has 7 heteroatoms. The highest BCUT2D eigenvalue weighted by atomic mass is 35.5. The fourth-order valence-corrected chi connectivity index (χ4v) is 4.62. The van der Waals surface area contributed by atoms with Crippen molar-refractivity contribution in [2.75, 3.05) is 25.0 Å². The number of ether oxygens (including phenoxy) is 2. The van der Waals surface area contributed by atoms with Crippen LogP contribution in [-0.4, -0.2) is 40.7 Å². The summed E-state index contributed by atoms with van der Waals surface area (Å²) in [4.78, 5) is 22.8. The number of hydrogen-bond donors (Lipinski definition) is 0. The van der Waals surface area contributed by atoms with Gasteiger partial charge in [0.15, 0.2) is 0 Å². The molecule has 36 heavy (non-hydrogen) atoms. The zero-order valence-corrected chi connectivity index (χ0v) is 22.1. The van der Waals surface area contributed by atoms with E-state index in [1.165, 1.54) is 0 Å². The predicted octanol–water partition coefficient (Wildman–Crippen LogP) is 7.27. The molecule has 2 aromatic carbocycles. The number of benzene rings is 2. The van der Waals surface area contributed by atoms with E-state index in [9.17, 15) is 4.79 Å². The topological polar surface area (TPSA) is 61.3 Å². The summed E-state index contributed by atoms with van der Waals surface area (Å²) >= 11 is 11.5. The van der Waals surface area contributed by atoms with Gasteiger partial charge in [-0.2, -0.15) is 0 Å². The highest BCUT2D eigenvalue weighted by Crippen LogP contribution is 2.34. The molecule has 2 heterocycles. The van der Waals surface area contributed by atoms with E-state index in [1.54, 1.807) is 12.4 Å². The molecule has 4 rings (SSSR count). The maximum atomic E-state index is 13.8. The van der Waals surface area contributed by atoms with Gasteiger partial charge in [-0.1, -0.05) is 13.8 Å². The molecule has 0 aliphatic rings. The number of fused-ring (bicyclic) bond motifs is 2. The van der Waals surface area contributed by atoms with E-state index in [2.05, 4.69) is 9.97 Å². The first-order chi connectivity index (χ1) is 17.5. The Bertz CT molecular complexity index is 1240. The summed E-state index contributed by atoms with van der Waals surface area (Å²) in [6, 6.07) is 15.4. The quantitative estimate of drug-likeness (QED) is 0.144. The lowest BCUT2D eigenvalue weighted by Crippen LogP contribution is -2.17. The van der Waals surface area contributed by atoms with Crippen LogP contribution in [0, 0.1) is 0 Å². The van der Waals surface area contributed by atoms with Crippen LogP contribution >= 0.6 is 23.2 Å². The number of ketones is 1. The first-order valence-electron chi connectivity index (χ1n) is 12.2. The highest BCUT2D eigenvalue weighted by Gasteiger charge is 2.26. The van der Waals surface area contributed by atoms with Gasteiger partial charge in [-0.25, -0.2) is 0 Å². The third-order valence-electron chi connectivity index (χ3n) is 6.37. The number of Topliss-reactive ketones (excluding diaryl/α,β-unsaturated/α-hetero) is 1. The molecule has 0 radical (unpaired) electrons. The van der Waals surface area contributed by atoms with E-state index in [1.807, 2.05) is 62.4 Å². The Balaban J connectivity index is 1.63. The zero-order valence-electron chi connectivity index (χ0n) is 20.5. The standard InChI is InChI=1S/C29H30Cl2N2O3/c1-19(23-9-13-32-27-7-5-21(17-25(23)27)35-15-3-11-30)29(34)20(2)24-10-14-33-28-8-6-22(18-26(24)28)36-16-4-12-31/h5-10,13-14,17-20H,3-4,11-12,15-16H2,1-2H3. The third kappa shape index (κ3) is 5.91. The summed E-state index contributed by atoms with van der Waals surface area (Å²) in [5, 5.41) is 1.84. The maximum absolute atomic E-state index is 13.8. The number of carbonyl (C=O) groups is 1. The Morgan fingerprint density at radius 2 is 1.19 bits per heavy atom. The van der Waals surface area contributed by atoms with Crippen molar-refractivity contribution in [2.45, 2.75) is 38.5 Å². The van der Waals surface area contributed by atoms with Gasteiger partial charge in [0.25, 0.3) is 0 Å². The van der Waals surface area contributed by atoms with Gasteiger partial charge in [-0.3, -0.25) is 14.8 Å². The highest BCUT2D eigenvalue weighted by molar-refractivity contribution is 6.18. The van der Waals surface area contributed by atoms with Crippen LogP contribution in [0.2, 0.25) is 0 Å². The lowest BCUT2D eigenvalue weighted by molar-refractivity contribution is -0.121. The fourth-order valence-electron chi connectivity index (χ4n) is 4.40. The summed E-state index contributed by atoms with van der Waals surface area (Å²) in [5.74, 6) is 2.04. The predicted molar refractivity (Wildman–Crippen MR) is 147 cm³/mol. The molecule has 0 N–H and O–H groups in total. The summed E-state index contributed by atoms with van der Waals surface area (Å²) in [5.41, 5.74) is 3.53. The van der Waals surface area contributed by atoms with Gasteiger partial charge in [-0.05, 0) is 72.5 Å². The molecule has 0 saturated carbocycles. The van der Waals surface area contributed by atoms with E-state index in [4.69, 9.17) is 32.7 Å². The average Bonchev–Trinajstić information content (AvgIpc) is 2.91. The van der Waals surface area contributed by atoms with Crippen molar-refractivity contribution in [3.05, 3.63) is 72.1 Å². The Hall–Kier alpha value is -2.89. The van der Waals surface area contributed by atoms with Crippen LogP contribution in [0.15, 0.2) is 60.9 Å². The smallest absolute Gasteiger partial charge is 0.147 e. The van der Waals surface area contributed by atoms with Crippen LogP contribution in [0.1, 0.15) is 49.7 Å². The molecular formula is C29H30Cl2N2O3. The van der Waals surface area contributed by atoms with Crippen molar-refractivity contribution in [1.82, 2.24) is 9.97 Å². The van der Waals surface area contributed by atoms with Crippen LogP contribution in [0.4, 0.5) is 0 Å². The minimum absolute atomic E-state index is 0.122. The summed E-state index contributed by atoms with van der Waals surface area (Å²) < 4.78 is 11.7. The monoisotopic (exact) mass is 524 g/mol. The number of pyridine rings is 2. The SMILES string of the molecule is CC(C(=O)C(C)c1ccnc2ccc(OCCCCl)cc12)c1ccnc2ccc(OCCCCl)cc12. The lowest BCUT2D eigenvalue weighted by atomic mass is 9.83. The van der Waals surface area contributed by atoms with Gasteiger partial charge in [0.05, 0.1) is 24.2 Å². The molecule has 0 aliphatic carbocycles. The van der Waals surface area contributed by atoms with Gasteiger partial charge in [0, 0.05) is 46.8 Å². The number of halogens is 2. The van der Waals surface area contributed by atoms with Crippen molar-refractivity contribution < 1.29 is 14.3 Å². The molecule has 0 aliphatic heterocycles. The second kappa shape index (κ2) is 12.4. The molecule has 0 amide bonds. The third-order valence-corrected chi connectivity index (χ3v) is 6.91. The van der Waals surface area contributed by atoms with E-state index >= 15 is 0 Å². The largest absolute Gasteiger partial charge is 0.494 e. The van der Waals surface area contributed by atoms with Gasteiger partial charge >= 0.3 is 0 Å². The molecule has 0 fully saturated rings. The van der Waals surface area contributed by atoms with E-state index in [0.29, 0.717) is 25.0 Å². The molecule has 2 unspecified atom stereocenters. The van der Waals surface area contributed by atoms with Crippen molar-refractivity contribution in [3.63, 3.8) is 0 Å². The lowest BCUT2D eigenvalue weighted by Gasteiger charge is -2.20. The Kier molecular flexibility index (Phi) is 9.00. The summed E-state index contributed by atoms with van der Waals surface area (Å²) in [7, 11) is 0. The molecule has 5 nitrogen and oxygen atoms in total. The second-order valence-electron chi connectivity index (χ2n) is 8.79. The normalized spacial score (nSPS) is 13.0. The molecule has 2 atom stereocenters. The van der Waals surface area contributed by atoms with E-state index < -0.39 is 0 Å². The van der Waals surface area contributed by atoms with Crippen molar-refractivity contribution in [1.29, 1.82) is 0 Å². The average molecular weight is 525 g/mol. The van der Waals surface area contributed by atoms with Gasteiger partial charge < -0.3 is 9.47 Å². The molecule has 0 saturated heterocycles. The van der Waals surface area contributed by atoms with Crippen LogP contribution in [0.5, 0.6) is 11.5 Å². The summed E-state index contributed by atoms with van der Waals surface area (Å²) in [6.07, 6.45) is 5.05. The molecule has 4 aromatic rings. The molecule has 0 spiro atoms. The minimum Gasteiger partial charge on any atom is -0.494 e. The number of carbonyl (C=O) groups excluding carboxylic acids is 1. The van der Waals surface area contributed by atoms with Gasteiger partial charge in [0.2, 0.25) is 0 Å². The second-order valence-corrected chi connectivity index (χ2v) is 9.54. The molecular weight excluding hydrogens is 495 g/mol. The maximum Gasteiger partial charge on any atom is 0.147 e. The van der Waals surface area contributed by atoms with Crippen molar-refractivity contribution in [3.8, 4) is 11.5 Å². The van der Waals surface area contributed by atoms with E-state index in [-0.39, 0.29) is 17.6 Å². The van der Waals surface area contributed by atoms with Crippen LogP contribution in [-0.2, 0) is 4.79 Å². The molecule has 188 valence electrons. The number of nitrogens with zero attached hydrogens (tertiary/aromatic N) is 2. The Labute approximate surface area is 221 Å². The van der Waals surface area contributed by atoms with Crippen LogP contribution in [0.25, 0.3) is 21.8 Å².